The van der Waals surface area contributed by atoms with E-state index in [0.717, 1.165) is 31.2 Å². The predicted octanol–water partition coefficient (Wildman–Crippen LogP) is 3.19. The van der Waals surface area contributed by atoms with Crippen molar-refractivity contribution in [1.82, 2.24) is 0 Å². The van der Waals surface area contributed by atoms with Crippen molar-refractivity contribution in [1.29, 1.82) is 0 Å². The Morgan fingerprint density at radius 1 is 1.11 bits per heavy atom. The minimum Gasteiger partial charge on any atom is -0.390 e. The van der Waals surface area contributed by atoms with Gasteiger partial charge in [-0.2, -0.15) is 0 Å². The van der Waals surface area contributed by atoms with E-state index in [0.29, 0.717) is 6.42 Å². The van der Waals surface area contributed by atoms with Gasteiger partial charge in [0.15, 0.2) is 0 Å². The summed E-state index contributed by atoms with van der Waals surface area (Å²) in [6.45, 7) is 6.58. The molecule has 0 spiro atoms. The molecule has 106 valence electrons. The zero-order valence-electron chi connectivity index (χ0n) is 12.3. The number of hydrogen-bond acceptors (Lipinski definition) is 2. The van der Waals surface area contributed by atoms with Gasteiger partial charge in [-0.25, -0.2) is 0 Å². The number of aliphatic hydroxyl groups is 2. The molecule has 0 amide bonds. The van der Waals surface area contributed by atoms with Gasteiger partial charge in [0, 0.05) is 6.42 Å². The molecule has 0 radical (unpaired) electrons. The number of rotatable bonds is 3. The van der Waals surface area contributed by atoms with Crippen molar-refractivity contribution in [3.05, 3.63) is 35.4 Å². The Labute approximate surface area is 116 Å². The fourth-order valence-electron chi connectivity index (χ4n) is 2.87. The lowest BCUT2D eigenvalue weighted by Gasteiger charge is -2.28. The van der Waals surface area contributed by atoms with Crippen LogP contribution >= 0.6 is 0 Å². The Hall–Kier alpha value is -0.860. The van der Waals surface area contributed by atoms with E-state index in [4.69, 9.17) is 0 Å². The molecular weight excluding hydrogens is 236 g/mol. The predicted molar refractivity (Wildman–Crippen MR) is 78.3 cm³/mol. The van der Waals surface area contributed by atoms with Crippen molar-refractivity contribution in [3.8, 4) is 0 Å². The van der Waals surface area contributed by atoms with E-state index in [-0.39, 0.29) is 5.41 Å². The van der Waals surface area contributed by atoms with E-state index in [1.807, 2.05) is 0 Å². The van der Waals surface area contributed by atoms with Crippen LogP contribution in [-0.4, -0.2) is 21.9 Å². The van der Waals surface area contributed by atoms with Gasteiger partial charge in [-0.05, 0) is 29.4 Å². The minimum absolute atomic E-state index is 0.154. The smallest absolute Gasteiger partial charge is 0.0908 e. The molecule has 2 nitrogen and oxygen atoms in total. The summed E-state index contributed by atoms with van der Waals surface area (Å²) < 4.78 is 0. The first kappa shape index (κ1) is 14.5. The summed E-state index contributed by atoms with van der Waals surface area (Å²) in [7, 11) is 0. The lowest BCUT2D eigenvalue weighted by molar-refractivity contribution is -0.0689. The fourth-order valence-corrected chi connectivity index (χ4v) is 2.87. The Kier molecular flexibility index (Phi) is 4.03. The second-order valence-corrected chi connectivity index (χ2v) is 6.98. The third kappa shape index (κ3) is 3.37. The van der Waals surface area contributed by atoms with Crippen molar-refractivity contribution >= 4 is 0 Å². The van der Waals surface area contributed by atoms with Crippen molar-refractivity contribution in [2.24, 2.45) is 0 Å². The monoisotopic (exact) mass is 262 g/mol. The van der Waals surface area contributed by atoms with Crippen molar-refractivity contribution < 1.29 is 10.2 Å². The molecule has 1 aliphatic carbocycles. The molecule has 1 aliphatic rings. The first-order chi connectivity index (χ1) is 8.81. The topological polar surface area (TPSA) is 40.5 Å². The second kappa shape index (κ2) is 5.26. The molecule has 1 saturated carbocycles. The molecule has 19 heavy (non-hydrogen) atoms. The van der Waals surface area contributed by atoms with Crippen LogP contribution in [0.4, 0.5) is 0 Å². The maximum atomic E-state index is 10.4. The van der Waals surface area contributed by atoms with Gasteiger partial charge in [0.05, 0.1) is 11.7 Å². The summed E-state index contributed by atoms with van der Waals surface area (Å²) in [6.07, 6.45) is 3.41. The summed E-state index contributed by atoms with van der Waals surface area (Å²) in [5, 5.41) is 20.6. The first-order valence-electron chi connectivity index (χ1n) is 7.31. The molecule has 1 aromatic rings. The molecule has 2 rings (SSSR count). The number of hydrogen-bond donors (Lipinski definition) is 2. The average Bonchev–Trinajstić information content (AvgIpc) is 2.77. The molecule has 0 heterocycles. The molecule has 0 aliphatic heterocycles. The highest BCUT2D eigenvalue weighted by Crippen LogP contribution is 2.33. The summed E-state index contributed by atoms with van der Waals surface area (Å²) in [4.78, 5) is 0. The highest BCUT2D eigenvalue weighted by Gasteiger charge is 2.38. The molecule has 1 atom stereocenters. The molecule has 1 fully saturated rings. The lowest BCUT2D eigenvalue weighted by Crippen LogP contribution is -2.40. The zero-order valence-corrected chi connectivity index (χ0v) is 12.3. The molecule has 1 unspecified atom stereocenters. The van der Waals surface area contributed by atoms with E-state index in [1.165, 1.54) is 5.56 Å². The van der Waals surface area contributed by atoms with Crippen LogP contribution in [0, 0.1) is 0 Å². The molecule has 0 aromatic heterocycles. The van der Waals surface area contributed by atoms with Crippen LogP contribution < -0.4 is 0 Å². The van der Waals surface area contributed by atoms with Gasteiger partial charge in [-0.3, -0.25) is 0 Å². The van der Waals surface area contributed by atoms with Gasteiger partial charge in [-0.15, -0.1) is 0 Å². The van der Waals surface area contributed by atoms with Crippen LogP contribution in [0.1, 0.15) is 57.6 Å². The van der Waals surface area contributed by atoms with Crippen LogP contribution in [-0.2, 0) is 11.8 Å². The molecule has 0 bridgehead atoms. The van der Waals surface area contributed by atoms with Crippen LogP contribution in [0.15, 0.2) is 24.3 Å². The maximum Gasteiger partial charge on any atom is 0.0908 e. The van der Waals surface area contributed by atoms with Crippen molar-refractivity contribution in [2.75, 3.05) is 0 Å². The Morgan fingerprint density at radius 2 is 1.63 bits per heavy atom. The minimum atomic E-state index is -0.858. The van der Waals surface area contributed by atoms with E-state index >= 15 is 0 Å². The molecule has 0 saturated heterocycles. The van der Waals surface area contributed by atoms with Crippen LogP contribution in [0.3, 0.4) is 0 Å². The van der Waals surface area contributed by atoms with E-state index in [9.17, 15) is 10.2 Å². The standard InChI is InChI=1S/C17H26O2/c1-16(2,3)14-8-6-13(7-9-14)12-15(18)17(19)10-4-5-11-17/h6-9,15,18-19H,4-5,10-12H2,1-3H3. The van der Waals surface area contributed by atoms with E-state index < -0.39 is 11.7 Å². The normalized spacial score (nSPS) is 20.5. The SMILES string of the molecule is CC(C)(C)c1ccc(CC(O)C2(O)CCCC2)cc1. The average molecular weight is 262 g/mol. The van der Waals surface area contributed by atoms with Gasteiger partial charge < -0.3 is 10.2 Å². The highest BCUT2D eigenvalue weighted by molar-refractivity contribution is 5.28. The van der Waals surface area contributed by atoms with Gasteiger partial charge in [-0.1, -0.05) is 57.9 Å². The first-order valence-corrected chi connectivity index (χ1v) is 7.31. The van der Waals surface area contributed by atoms with Gasteiger partial charge >= 0.3 is 0 Å². The Bertz CT molecular complexity index is 408. The quantitative estimate of drug-likeness (QED) is 0.878. The van der Waals surface area contributed by atoms with Crippen LogP contribution in [0.25, 0.3) is 0 Å². The number of aliphatic hydroxyl groups excluding tert-OH is 1. The van der Waals surface area contributed by atoms with Gasteiger partial charge in [0.1, 0.15) is 0 Å². The zero-order chi connectivity index (χ0) is 14.1. The number of benzene rings is 1. The van der Waals surface area contributed by atoms with Crippen molar-refractivity contribution in [3.63, 3.8) is 0 Å². The Morgan fingerprint density at radius 3 is 2.11 bits per heavy atom. The third-order valence-corrected chi connectivity index (χ3v) is 4.34. The molecular formula is C17H26O2. The summed E-state index contributed by atoms with van der Waals surface area (Å²) >= 11 is 0. The second-order valence-electron chi connectivity index (χ2n) is 6.98. The summed E-state index contributed by atoms with van der Waals surface area (Å²) in [5.74, 6) is 0. The van der Waals surface area contributed by atoms with E-state index in [1.54, 1.807) is 0 Å². The van der Waals surface area contributed by atoms with Gasteiger partial charge in [0.25, 0.3) is 0 Å². The van der Waals surface area contributed by atoms with Crippen molar-refractivity contribution in [2.45, 2.75) is 70.0 Å². The van der Waals surface area contributed by atoms with E-state index in [2.05, 4.69) is 45.0 Å². The molecule has 2 N–H and O–H groups in total. The van der Waals surface area contributed by atoms with Crippen LogP contribution in [0.5, 0.6) is 0 Å². The molecule has 2 heteroatoms. The fraction of sp³-hybridized carbons (Fsp3) is 0.647. The highest BCUT2D eigenvalue weighted by atomic mass is 16.3. The summed E-state index contributed by atoms with van der Waals surface area (Å²) in [5.41, 5.74) is 1.69. The Balaban J connectivity index is 2.03. The third-order valence-electron chi connectivity index (χ3n) is 4.34. The summed E-state index contributed by atoms with van der Waals surface area (Å²) in [6, 6.07) is 8.39. The molecule has 1 aromatic carbocycles. The lowest BCUT2D eigenvalue weighted by atomic mass is 9.85. The maximum absolute atomic E-state index is 10.4. The van der Waals surface area contributed by atoms with Gasteiger partial charge in [0.2, 0.25) is 0 Å². The van der Waals surface area contributed by atoms with Crippen LogP contribution in [0.2, 0.25) is 0 Å². The largest absolute Gasteiger partial charge is 0.390 e.